The van der Waals surface area contributed by atoms with Crippen LogP contribution in [0.2, 0.25) is 0 Å². The van der Waals surface area contributed by atoms with Crippen LogP contribution in [0.25, 0.3) is 16.2 Å². The minimum absolute atomic E-state index is 0.125. The van der Waals surface area contributed by atoms with E-state index in [1.807, 2.05) is 17.5 Å². The first-order valence-electron chi connectivity index (χ1n) is 4.31. The van der Waals surface area contributed by atoms with Gasteiger partial charge in [0.15, 0.2) is 11.2 Å². The lowest BCUT2D eigenvalue weighted by atomic mass is 10.5. The van der Waals surface area contributed by atoms with E-state index in [-0.39, 0.29) is 5.56 Å². The van der Waals surface area contributed by atoms with Crippen LogP contribution in [0.1, 0.15) is 0 Å². The fourth-order valence-electron chi connectivity index (χ4n) is 1.39. The van der Waals surface area contributed by atoms with Crippen molar-refractivity contribution in [1.29, 1.82) is 0 Å². The van der Waals surface area contributed by atoms with Gasteiger partial charge >= 0.3 is 0 Å². The highest BCUT2D eigenvalue weighted by Crippen LogP contribution is 2.12. The number of aromatic amines is 1. The van der Waals surface area contributed by atoms with Gasteiger partial charge < -0.3 is 4.98 Å². The standard InChI is InChI=1S/C9H6N4OS/c14-9-7-8(11-4-10-7)12-5-13(9)6-2-1-3-15-6/h1-5H,(H,10,11). The molecule has 0 aliphatic heterocycles. The van der Waals surface area contributed by atoms with Crippen LogP contribution in [0.5, 0.6) is 0 Å². The third-order valence-corrected chi connectivity index (χ3v) is 2.96. The number of rotatable bonds is 1. The largest absolute Gasteiger partial charge is 0.339 e. The normalized spacial score (nSPS) is 10.9. The highest BCUT2D eigenvalue weighted by molar-refractivity contribution is 7.12. The van der Waals surface area contributed by atoms with Crippen LogP contribution >= 0.6 is 11.3 Å². The molecule has 0 aliphatic rings. The second kappa shape index (κ2) is 3.03. The lowest BCUT2D eigenvalue weighted by Crippen LogP contribution is -2.17. The summed E-state index contributed by atoms with van der Waals surface area (Å²) >= 11 is 1.49. The Labute approximate surface area is 88.1 Å². The number of hydrogen-bond donors (Lipinski definition) is 1. The van der Waals surface area contributed by atoms with Crippen molar-refractivity contribution in [2.24, 2.45) is 0 Å². The summed E-state index contributed by atoms with van der Waals surface area (Å²) in [5.74, 6) is 0. The van der Waals surface area contributed by atoms with Crippen molar-refractivity contribution >= 4 is 22.5 Å². The molecular formula is C9H6N4OS. The van der Waals surface area contributed by atoms with Gasteiger partial charge in [0.25, 0.3) is 5.56 Å². The second-order valence-corrected chi connectivity index (χ2v) is 3.90. The molecule has 3 aromatic heterocycles. The van der Waals surface area contributed by atoms with Crippen LogP contribution in [-0.4, -0.2) is 19.5 Å². The highest BCUT2D eigenvalue weighted by atomic mass is 32.1. The average molecular weight is 218 g/mol. The van der Waals surface area contributed by atoms with Gasteiger partial charge in [-0.15, -0.1) is 11.3 Å². The van der Waals surface area contributed by atoms with Crippen molar-refractivity contribution in [3.05, 3.63) is 40.5 Å². The third kappa shape index (κ3) is 1.18. The molecule has 3 heterocycles. The van der Waals surface area contributed by atoms with Crippen molar-refractivity contribution < 1.29 is 0 Å². The maximum absolute atomic E-state index is 11.9. The number of hydrogen-bond acceptors (Lipinski definition) is 4. The molecule has 74 valence electrons. The predicted octanol–water partition coefficient (Wildman–Crippen LogP) is 1.17. The molecule has 0 aromatic carbocycles. The molecule has 0 atom stereocenters. The monoisotopic (exact) mass is 218 g/mol. The quantitative estimate of drug-likeness (QED) is 0.666. The summed E-state index contributed by atoms with van der Waals surface area (Å²) in [5.41, 5.74) is 0.763. The van der Waals surface area contributed by atoms with E-state index in [1.165, 1.54) is 28.6 Å². The minimum atomic E-state index is -0.125. The Hall–Kier alpha value is -1.95. The number of nitrogens with zero attached hydrogens (tertiary/aromatic N) is 3. The summed E-state index contributed by atoms with van der Waals surface area (Å²) in [6, 6.07) is 3.76. The van der Waals surface area contributed by atoms with Gasteiger partial charge in [0.1, 0.15) is 11.3 Å². The van der Waals surface area contributed by atoms with Crippen LogP contribution in [0.15, 0.2) is 35.0 Å². The molecule has 0 aliphatic carbocycles. The Bertz CT molecular complexity index is 652. The number of H-pyrrole nitrogens is 1. The molecule has 0 radical (unpaired) electrons. The highest BCUT2D eigenvalue weighted by Gasteiger charge is 2.07. The molecular weight excluding hydrogens is 212 g/mol. The fraction of sp³-hybridized carbons (Fsp3) is 0. The molecule has 15 heavy (non-hydrogen) atoms. The topological polar surface area (TPSA) is 63.6 Å². The summed E-state index contributed by atoms with van der Waals surface area (Å²) in [5, 5.41) is 2.77. The van der Waals surface area contributed by atoms with E-state index in [9.17, 15) is 4.79 Å². The molecule has 0 fully saturated rings. The Morgan fingerprint density at radius 1 is 1.40 bits per heavy atom. The zero-order valence-electron chi connectivity index (χ0n) is 7.54. The fourth-order valence-corrected chi connectivity index (χ4v) is 2.09. The van der Waals surface area contributed by atoms with Gasteiger partial charge in [-0.3, -0.25) is 9.36 Å². The number of imidazole rings is 1. The molecule has 3 aromatic rings. The van der Waals surface area contributed by atoms with E-state index < -0.39 is 0 Å². The van der Waals surface area contributed by atoms with Crippen LogP contribution in [-0.2, 0) is 0 Å². The zero-order valence-corrected chi connectivity index (χ0v) is 8.36. The molecule has 0 amide bonds. The Kier molecular flexibility index (Phi) is 1.69. The van der Waals surface area contributed by atoms with Crippen molar-refractivity contribution in [2.75, 3.05) is 0 Å². The van der Waals surface area contributed by atoms with Gasteiger partial charge in [0.05, 0.1) is 6.33 Å². The van der Waals surface area contributed by atoms with Crippen molar-refractivity contribution in [3.63, 3.8) is 0 Å². The van der Waals surface area contributed by atoms with Gasteiger partial charge in [0, 0.05) is 0 Å². The van der Waals surface area contributed by atoms with E-state index in [0.717, 1.165) is 5.00 Å². The molecule has 6 heteroatoms. The molecule has 0 unspecified atom stereocenters. The first kappa shape index (κ1) is 8.37. The summed E-state index contributed by atoms with van der Waals surface area (Å²) < 4.78 is 1.51. The van der Waals surface area contributed by atoms with Gasteiger partial charge in [-0.05, 0) is 17.5 Å². The number of nitrogens with one attached hydrogen (secondary N) is 1. The minimum Gasteiger partial charge on any atom is -0.339 e. The molecule has 0 saturated carbocycles. The third-order valence-electron chi connectivity index (χ3n) is 2.09. The van der Waals surface area contributed by atoms with Gasteiger partial charge in [-0.2, -0.15) is 0 Å². The number of fused-ring (bicyclic) bond motifs is 1. The average Bonchev–Trinajstić information content (AvgIpc) is 2.87. The summed E-state index contributed by atoms with van der Waals surface area (Å²) in [7, 11) is 0. The summed E-state index contributed by atoms with van der Waals surface area (Å²) in [4.78, 5) is 22.7. The van der Waals surface area contributed by atoms with Gasteiger partial charge in [0.2, 0.25) is 0 Å². The van der Waals surface area contributed by atoms with Crippen LogP contribution < -0.4 is 5.56 Å². The van der Waals surface area contributed by atoms with Crippen molar-refractivity contribution in [3.8, 4) is 5.00 Å². The van der Waals surface area contributed by atoms with Crippen molar-refractivity contribution in [1.82, 2.24) is 19.5 Å². The number of aromatic nitrogens is 4. The molecule has 5 nitrogen and oxygen atoms in total. The lowest BCUT2D eigenvalue weighted by molar-refractivity contribution is 0.976. The maximum Gasteiger partial charge on any atom is 0.284 e. The van der Waals surface area contributed by atoms with Crippen molar-refractivity contribution in [2.45, 2.75) is 0 Å². The predicted molar refractivity (Wildman–Crippen MR) is 57.4 cm³/mol. The number of thiophene rings is 1. The zero-order chi connectivity index (χ0) is 10.3. The van der Waals surface area contributed by atoms with Crippen LogP contribution in [0.4, 0.5) is 0 Å². The Morgan fingerprint density at radius 3 is 3.13 bits per heavy atom. The van der Waals surface area contributed by atoms with Gasteiger partial charge in [-0.1, -0.05) is 0 Å². The SMILES string of the molecule is O=c1c2[nH]cnc2ncn1-c1cccs1. The van der Waals surface area contributed by atoms with Crippen LogP contribution in [0.3, 0.4) is 0 Å². The molecule has 0 saturated heterocycles. The Morgan fingerprint density at radius 2 is 2.33 bits per heavy atom. The van der Waals surface area contributed by atoms with E-state index in [2.05, 4.69) is 15.0 Å². The Balaban J connectivity index is 2.38. The molecule has 0 bridgehead atoms. The lowest BCUT2D eigenvalue weighted by Gasteiger charge is -1.99. The van der Waals surface area contributed by atoms with E-state index >= 15 is 0 Å². The molecule has 1 N–H and O–H groups in total. The summed E-state index contributed by atoms with van der Waals surface area (Å²) in [6.07, 6.45) is 2.97. The first-order chi connectivity index (χ1) is 7.36. The van der Waals surface area contributed by atoms with Gasteiger partial charge in [-0.25, -0.2) is 9.97 Å². The van der Waals surface area contributed by atoms with E-state index in [4.69, 9.17) is 0 Å². The van der Waals surface area contributed by atoms with Crippen LogP contribution in [0, 0.1) is 0 Å². The summed E-state index contributed by atoms with van der Waals surface area (Å²) in [6.45, 7) is 0. The molecule has 3 rings (SSSR count). The maximum atomic E-state index is 11.9. The second-order valence-electron chi connectivity index (χ2n) is 2.97. The first-order valence-corrected chi connectivity index (χ1v) is 5.19. The van der Waals surface area contributed by atoms with E-state index in [1.54, 1.807) is 0 Å². The molecule has 0 spiro atoms. The smallest absolute Gasteiger partial charge is 0.284 e. The van der Waals surface area contributed by atoms with E-state index in [0.29, 0.717) is 11.2 Å².